The Bertz CT molecular complexity index is 292. The third-order valence-corrected chi connectivity index (χ3v) is 2.93. The van der Waals surface area contributed by atoms with Gasteiger partial charge in [-0.3, -0.25) is 4.98 Å². The Morgan fingerprint density at radius 2 is 2.25 bits per heavy atom. The topological polar surface area (TPSA) is 71.2 Å². The minimum Gasteiger partial charge on any atom is -0.396 e. The van der Waals surface area contributed by atoms with Crippen LogP contribution in [0, 0.1) is 5.92 Å². The number of aliphatic hydroxyl groups is 1. The molecule has 1 rings (SSSR count). The van der Waals surface area contributed by atoms with Gasteiger partial charge in [-0.2, -0.15) is 0 Å². The molecule has 0 saturated heterocycles. The minimum absolute atomic E-state index is 0.0951. The summed E-state index contributed by atoms with van der Waals surface area (Å²) >= 11 is 0. The van der Waals surface area contributed by atoms with Gasteiger partial charge in [0, 0.05) is 37.6 Å². The van der Waals surface area contributed by atoms with Crippen LogP contribution in [0.1, 0.15) is 25.5 Å². The standard InChI is InChI=1S/C12H21N3O/c1-9(8-16)10(2)15-12(6-13)11-4-3-5-14-7-11/h3-5,7,9-10,12,15-16H,6,8,13H2,1-2H3. The van der Waals surface area contributed by atoms with Crippen LogP contribution in [0.2, 0.25) is 0 Å². The van der Waals surface area contributed by atoms with Crippen LogP contribution in [-0.2, 0) is 0 Å². The summed E-state index contributed by atoms with van der Waals surface area (Å²) in [5.74, 6) is 0.214. The van der Waals surface area contributed by atoms with Crippen LogP contribution in [0.4, 0.5) is 0 Å². The largest absolute Gasteiger partial charge is 0.396 e. The summed E-state index contributed by atoms with van der Waals surface area (Å²) in [5.41, 5.74) is 6.83. The van der Waals surface area contributed by atoms with Crippen LogP contribution in [0.25, 0.3) is 0 Å². The first-order valence-electron chi connectivity index (χ1n) is 5.66. The van der Waals surface area contributed by atoms with Crippen LogP contribution < -0.4 is 11.1 Å². The maximum absolute atomic E-state index is 9.08. The highest BCUT2D eigenvalue weighted by Crippen LogP contribution is 2.13. The molecule has 0 amide bonds. The lowest BCUT2D eigenvalue weighted by Gasteiger charge is -2.25. The van der Waals surface area contributed by atoms with Crippen molar-refractivity contribution in [2.45, 2.75) is 25.9 Å². The van der Waals surface area contributed by atoms with Gasteiger partial charge in [-0.25, -0.2) is 0 Å². The number of nitrogens with two attached hydrogens (primary N) is 1. The fourth-order valence-electron chi connectivity index (χ4n) is 1.52. The molecule has 16 heavy (non-hydrogen) atoms. The zero-order valence-electron chi connectivity index (χ0n) is 9.93. The number of rotatable bonds is 6. The summed E-state index contributed by atoms with van der Waals surface area (Å²) in [4.78, 5) is 4.08. The van der Waals surface area contributed by atoms with Gasteiger partial charge < -0.3 is 16.2 Å². The third kappa shape index (κ3) is 3.56. The van der Waals surface area contributed by atoms with Crippen molar-refractivity contribution in [2.24, 2.45) is 11.7 Å². The molecule has 0 fully saturated rings. The highest BCUT2D eigenvalue weighted by atomic mass is 16.3. The molecule has 4 N–H and O–H groups in total. The van der Waals surface area contributed by atoms with E-state index >= 15 is 0 Å². The van der Waals surface area contributed by atoms with Gasteiger partial charge in [0.25, 0.3) is 0 Å². The Labute approximate surface area is 96.9 Å². The summed E-state index contributed by atoms with van der Waals surface area (Å²) in [5, 5.41) is 12.5. The fraction of sp³-hybridized carbons (Fsp3) is 0.583. The van der Waals surface area contributed by atoms with Crippen LogP contribution in [0.15, 0.2) is 24.5 Å². The van der Waals surface area contributed by atoms with Crippen molar-refractivity contribution in [3.63, 3.8) is 0 Å². The average Bonchev–Trinajstić information content (AvgIpc) is 2.35. The maximum atomic E-state index is 9.08. The highest BCUT2D eigenvalue weighted by Gasteiger charge is 2.16. The first-order chi connectivity index (χ1) is 7.69. The van der Waals surface area contributed by atoms with Crippen LogP contribution in [0.3, 0.4) is 0 Å². The van der Waals surface area contributed by atoms with Crippen molar-refractivity contribution in [3.05, 3.63) is 30.1 Å². The van der Waals surface area contributed by atoms with E-state index in [-0.39, 0.29) is 24.6 Å². The number of nitrogens with zero attached hydrogens (tertiary/aromatic N) is 1. The second-order valence-corrected chi connectivity index (χ2v) is 4.19. The predicted octanol–water partition coefficient (Wildman–Crippen LogP) is 0.688. The third-order valence-electron chi connectivity index (χ3n) is 2.93. The van der Waals surface area contributed by atoms with Crippen molar-refractivity contribution in [1.29, 1.82) is 0 Å². The molecule has 1 aromatic heterocycles. The van der Waals surface area contributed by atoms with E-state index in [1.165, 1.54) is 0 Å². The molecule has 0 aromatic carbocycles. The lowest BCUT2D eigenvalue weighted by molar-refractivity contribution is 0.201. The molecule has 90 valence electrons. The van der Waals surface area contributed by atoms with E-state index < -0.39 is 0 Å². The number of aromatic nitrogens is 1. The molecule has 0 saturated carbocycles. The van der Waals surface area contributed by atoms with E-state index in [0.717, 1.165) is 5.56 Å². The van der Waals surface area contributed by atoms with Gasteiger partial charge in [-0.15, -0.1) is 0 Å². The van der Waals surface area contributed by atoms with Crippen molar-refractivity contribution < 1.29 is 5.11 Å². The number of aliphatic hydroxyl groups excluding tert-OH is 1. The van der Waals surface area contributed by atoms with Gasteiger partial charge >= 0.3 is 0 Å². The van der Waals surface area contributed by atoms with Crippen LogP contribution >= 0.6 is 0 Å². The van der Waals surface area contributed by atoms with Crippen LogP contribution in [-0.4, -0.2) is 29.3 Å². The molecule has 1 heterocycles. The lowest BCUT2D eigenvalue weighted by atomic mass is 10.0. The molecule has 4 nitrogen and oxygen atoms in total. The minimum atomic E-state index is 0.0951. The quantitative estimate of drug-likeness (QED) is 0.663. The summed E-state index contributed by atoms with van der Waals surface area (Å²) in [6.07, 6.45) is 3.57. The molecular formula is C12H21N3O. The van der Waals surface area contributed by atoms with Crippen LogP contribution in [0.5, 0.6) is 0 Å². The normalized spacial score (nSPS) is 16.8. The molecule has 4 heteroatoms. The SMILES string of the molecule is CC(CO)C(C)NC(CN)c1cccnc1. The molecule has 3 atom stereocenters. The zero-order valence-corrected chi connectivity index (χ0v) is 9.93. The van der Waals surface area contributed by atoms with Gasteiger partial charge in [0.15, 0.2) is 0 Å². The Kier molecular flexibility index (Phi) is 5.38. The average molecular weight is 223 g/mol. The second-order valence-electron chi connectivity index (χ2n) is 4.19. The molecule has 0 radical (unpaired) electrons. The van der Waals surface area contributed by atoms with Gasteiger partial charge in [0.2, 0.25) is 0 Å². The van der Waals surface area contributed by atoms with E-state index in [1.54, 1.807) is 6.20 Å². The van der Waals surface area contributed by atoms with E-state index in [4.69, 9.17) is 10.8 Å². The smallest absolute Gasteiger partial charge is 0.0471 e. The molecule has 3 unspecified atom stereocenters. The zero-order chi connectivity index (χ0) is 12.0. The summed E-state index contributed by atoms with van der Waals surface area (Å²) in [6, 6.07) is 4.23. The van der Waals surface area contributed by atoms with Crippen molar-refractivity contribution in [1.82, 2.24) is 10.3 Å². The molecule has 0 bridgehead atoms. The molecule has 0 spiro atoms. The van der Waals surface area contributed by atoms with E-state index in [0.29, 0.717) is 6.54 Å². The molecule has 1 aromatic rings. The van der Waals surface area contributed by atoms with Gasteiger partial charge in [-0.1, -0.05) is 13.0 Å². The highest BCUT2D eigenvalue weighted by molar-refractivity contribution is 5.14. The molecule has 0 aliphatic heterocycles. The monoisotopic (exact) mass is 223 g/mol. The van der Waals surface area contributed by atoms with Gasteiger partial charge in [-0.05, 0) is 24.5 Å². The van der Waals surface area contributed by atoms with Gasteiger partial charge in [0.05, 0.1) is 0 Å². The van der Waals surface area contributed by atoms with Crippen molar-refractivity contribution in [3.8, 4) is 0 Å². The molecular weight excluding hydrogens is 202 g/mol. The number of nitrogens with one attached hydrogen (secondary N) is 1. The molecule has 0 aliphatic rings. The summed E-state index contributed by atoms with van der Waals surface area (Å²) < 4.78 is 0. The molecule has 0 aliphatic carbocycles. The Morgan fingerprint density at radius 3 is 2.75 bits per heavy atom. The van der Waals surface area contributed by atoms with E-state index in [9.17, 15) is 0 Å². The predicted molar refractivity (Wildman–Crippen MR) is 64.9 cm³/mol. The summed E-state index contributed by atoms with van der Waals surface area (Å²) in [7, 11) is 0. The van der Waals surface area contributed by atoms with Crippen molar-refractivity contribution in [2.75, 3.05) is 13.2 Å². The Balaban J connectivity index is 2.62. The number of hydrogen-bond acceptors (Lipinski definition) is 4. The fourth-order valence-corrected chi connectivity index (χ4v) is 1.52. The maximum Gasteiger partial charge on any atom is 0.0471 e. The summed E-state index contributed by atoms with van der Waals surface area (Å²) in [6.45, 7) is 4.76. The first-order valence-corrected chi connectivity index (χ1v) is 5.66. The van der Waals surface area contributed by atoms with E-state index in [1.807, 2.05) is 25.3 Å². The lowest BCUT2D eigenvalue weighted by Crippen LogP contribution is -2.39. The van der Waals surface area contributed by atoms with E-state index in [2.05, 4.69) is 17.2 Å². The van der Waals surface area contributed by atoms with Gasteiger partial charge in [0.1, 0.15) is 0 Å². The number of hydrogen-bond donors (Lipinski definition) is 3. The first kappa shape index (κ1) is 13.1. The van der Waals surface area contributed by atoms with Crippen molar-refractivity contribution >= 4 is 0 Å². The number of pyridine rings is 1. The Hall–Kier alpha value is -0.970. The second kappa shape index (κ2) is 6.58. The Morgan fingerprint density at radius 1 is 1.50 bits per heavy atom.